The SMILES string of the molecule is CCC(=O)N(C)C(C)(C)CC(C)CNC. The van der Waals surface area contributed by atoms with Crippen LogP contribution in [0, 0.1) is 5.92 Å². The van der Waals surface area contributed by atoms with Gasteiger partial charge < -0.3 is 10.2 Å². The molecule has 1 N–H and O–H groups in total. The second kappa shape index (κ2) is 6.11. The molecular weight excluding hydrogens is 188 g/mol. The zero-order valence-corrected chi connectivity index (χ0v) is 11.1. The molecule has 0 bridgehead atoms. The molecule has 0 fully saturated rings. The van der Waals surface area contributed by atoms with Gasteiger partial charge in [0.1, 0.15) is 0 Å². The van der Waals surface area contributed by atoms with E-state index in [9.17, 15) is 4.79 Å². The molecule has 0 aromatic rings. The fourth-order valence-corrected chi connectivity index (χ4v) is 1.99. The van der Waals surface area contributed by atoms with E-state index in [1.54, 1.807) is 0 Å². The summed E-state index contributed by atoms with van der Waals surface area (Å²) in [6.45, 7) is 9.38. The summed E-state index contributed by atoms with van der Waals surface area (Å²) in [5.74, 6) is 0.800. The van der Waals surface area contributed by atoms with Crippen LogP contribution in [-0.2, 0) is 4.79 Å². The molecule has 1 atom stereocenters. The van der Waals surface area contributed by atoms with Crippen LogP contribution < -0.4 is 5.32 Å². The van der Waals surface area contributed by atoms with Crippen LogP contribution in [0.1, 0.15) is 40.5 Å². The predicted octanol–water partition coefficient (Wildman–Crippen LogP) is 1.88. The lowest BCUT2D eigenvalue weighted by Gasteiger charge is -2.37. The van der Waals surface area contributed by atoms with Gasteiger partial charge in [-0.2, -0.15) is 0 Å². The number of rotatable bonds is 6. The largest absolute Gasteiger partial charge is 0.341 e. The normalized spacial score (nSPS) is 13.7. The van der Waals surface area contributed by atoms with Crippen LogP contribution in [0.2, 0.25) is 0 Å². The second-order valence-electron chi connectivity index (χ2n) is 4.99. The van der Waals surface area contributed by atoms with Crippen molar-refractivity contribution in [2.24, 2.45) is 5.92 Å². The first-order chi connectivity index (χ1) is 6.85. The Hall–Kier alpha value is -0.570. The first-order valence-electron chi connectivity index (χ1n) is 5.76. The number of hydrogen-bond acceptors (Lipinski definition) is 2. The van der Waals surface area contributed by atoms with Crippen molar-refractivity contribution in [3.8, 4) is 0 Å². The van der Waals surface area contributed by atoms with Gasteiger partial charge in [-0.15, -0.1) is 0 Å². The summed E-state index contributed by atoms with van der Waals surface area (Å²) in [6, 6.07) is 0. The van der Waals surface area contributed by atoms with Crippen molar-refractivity contribution in [1.82, 2.24) is 10.2 Å². The van der Waals surface area contributed by atoms with E-state index in [0.717, 1.165) is 13.0 Å². The molecule has 0 heterocycles. The summed E-state index contributed by atoms with van der Waals surface area (Å²) in [7, 11) is 3.86. The third-order valence-electron chi connectivity index (χ3n) is 2.99. The van der Waals surface area contributed by atoms with Gasteiger partial charge in [0, 0.05) is 19.0 Å². The molecule has 0 saturated heterocycles. The topological polar surface area (TPSA) is 32.3 Å². The molecule has 0 spiro atoms. The third kappa shape index (κ3) is 4.65. The Kier molecular flexibility index (Phi) is 5.88. The lowest BCUT2D eigenvalue weighted by atomic mass is 9.90. The summed E-state index contributed by atoms with van der Waals surface area (Å²) in [5.41, 5.74) is -0.0522. The van der Waals surface area contributed by atoms with Crippen molar-refractivity contribution in [3.05, 3.63) is 0 Å². The average Bonchev–Trinajstić information content (AvgIpc) is 2.15. The van der Waals surface area contributed by atoms with Crippen LogP contribution in [0.5, 0.6) is 0 Å². The molecule has 0 aromatic carbocycles. The maximum Gasteiger partial charge on any atom is 0.222 e. The van der Waals surface area contributed by atoms with Gasteiger partial charge in [-0.1, -0.05) is 13.8 Å². The monoisotopic (exact) mass is 214 g/mol. The van der Waals surface area contributed by atoms with Crippen molar-refractivity contribution < 1.29 is 4.79 Å². The maximum absolute atomic E-state index is 11.6. The molecule has 3 nitrogen and oxygen atoms in total. The number of nitrogens with zero attached hydrogens (tertiary/aromatic N) is 1. The van der Waals surface area contributed by atoms with Crippen LogP contribution in [0.4, 0.5) is 0 Å². The minimum absolute atomic E-state index is 0.0522. The molecule has 0 aliphatic rings. The highest BCUT2D eigenvalue weighted by Crippen LogP contribution is 2.22. The van der Waals surface area contributed by atoms with E-state index in [2.05, 4.69) is 26.1 Å². The van der Waals surface area contributed by atoms with Crippen molar-refractivity contribution >= 4 is 5.91 Å². The Balaban J connectivity index is 4.33. The molecule has 15 heavy (non-hydrogen) atoms. The molecular formula is C12H26N2O. The maximum atomic E-state index is 11.6. The molecule has 1 unspecified atom stereocenters. The summed E-state index contributed by atoms with van der Waals surface area (Å²) in [4.78, 5) is 13.5. The molecule has 1 amide bonds. The Bertz CT molecular complexity index is 202. The number of carbonyl (C=O) groups is 1. The van der Waals surface area contributed by atoms with Gasteiger partial charge in [0.15, 0.2) is 0 Å². The van der Waals surface area contributed by atoms with Crippen molar-refractivity contribution in [1.29, 1.82) is 0 Å². The first-order valence-corrected chi connectivity index (χ1v) is 5.76. The molecule has 3 heteroatoms. The summed E-state index contributed by atoms with van der Waals surface area (Å²) >= 11 is 0. The highest BCUT2D eigenvalue weighted by molar-refractivity contribution is 5.76. The molecule has 0 aromatic heterocycles. The van der Waals surface area contributed by atoms with E-state index in [0.29, 0.717) is 12.3 Å². The van der Waals surface area contributed by atoms with E-state index in [1.165, 1.54) is 0 Å². The number of amides is 1. The lowest BCUT2D eigenvalue weighted by molar-refractivity contribution is -0.134. The first kappa shape index (κ1) is 14.4. The Labute approximate surface area is 94.2 Å². The smallest absolute Gasteiger partial charge is 0.222 e. The quantitative estimate of drug-likeness (QED) is 0.732. The number of carbonyl (C=O) groups excluding carboxylic acids is 1. The van der Waals surface area contributed by atoms with Gasteiger partial charge in [0.25, 0.3) is 0 Å². The highest BCUT2D eigenvalue weighted by Gasteiger charge is 2.28. The molecule has 90 valence electrons. The molecule has 0 aliphatic heterocycles. The minimum atomic E-state index is -0.0522. The van der Waals surface area contributed by atoms with Gasteiger partial charge >= 0.3 is 0 Å². The van der Waals surface area contributed by atoms with Crippen LogP contribution in [0.15, 0.2) is 0 Å². The Morgan fingerprint density at radius 3 is 2.40 bits per heavy atom. The van der Waals surface area contributed by atoms with Crippen molar-refractivity contribution in [3.63, 3.8) is 0 Å². The van der Waals surface area contributed by atoms with Gasteiger partial charge in [0.2, 0.25) is 5.91 Å². The molecule has 0 aliphatic carbocycles. The number of hydrogen-bond donors (Lipinski definition) is 1. The van der Waals surface area contributed by atoms with Crippen LogP contribution in [0.3, 0.4) is 0 Å². The fraction of sp³-hybridized carbons (Fsp3) is 0.917. The van der Waals surface area contributed by atoms with Gasteiger partial charge in [0.05, 0.1) is 0 Å². The average molecular weight is 214 g/mol. The lowest BCUT2D eigenvalue weighted by Crippen LogP contribution is -2.46. The summed E-state index contributed by atoms with van der Waals surface area (Å²) < 4.78 is 0. The van der Waals surface area contributed by atoms with Crippen LogP contribution in [0.25, 0.3) is 0 Å². The van der Waals surface area contributed by atoms with E-state index in [1.807, 2.05) is 25.9 Å². The summed E-state index contributed by atoms with van der Waals surface area (Å²) in [6.07, 6.45) is 1.61. The van der Waals surface area contributed by atoms with Gasteiger partial charge in [-0.25, -0.2) is 0 Å². The number of nitrogens with one attached hydrogen (secondary N) is 1. The standard InChI is InChI=1S/C12H26N2O/c1-7-11(15)14(6)12(3,4)8-10(2)9-13-5/h10,13H,7-9H2,1-6H3. The van der Waals surface area contributed by atoms with Crippen LogP contribution >= 0.6 is 0 Å². The zero-order chi connectivity index (χ0) is 12.1. The van der Waals surface area contributed by atoms with Crippen molar-refractivity contribution in [2.45, 2.75) is 46.1 Å². The third-order valence-corrected chi connectivity index (χ3v) is 2.99. The van der Waals surface area contributed by atoms with Crippen LogP contribution in [-0.4, -0.2) is 37.0 Å². The Morgan fingerprint density at radius 2 is 2.00 bits per heavy atom. The predicted molar refractivity (Wildman–Crippen MR) is 64.8 cm³/mol. The van der Waals surface area contributed by atoms with Crippen molar-refractivity contribution in [2.75, 3.05) is 20.6 Å². The fourth-order valence-electron chi connectivity index (χ4n) is 1.99. The van der Waals surface area contributed by atoms with Gasteiger partial charge in [-0.05, 0) is 39.8 Å². The zero-order valence-electron chi connectivity index (χ0n) is 11.1. The van der Waals surface area contributed by atoms with E-state index in [-0.39, 0.29) is 11.4 Å². The molecule has 0 radical (unpaired) electrons. The van der Waals surface area contributed by atoms with E-state index < -0.39 is 0 Å². The molecule has 0 saturated carbocycles. The van der Waals surface area contributed by atoms with Gasteiger partial charge in [-0.3, -0.25) is 4.79 Å². The highest BCUT2D eigenvalue weighted by atomic mass is 16.2. The molecule has 0 rings (SSSR count). The summed E-state index contributed by atoms with van der Waals surface area (Å²) in [5, 5.41) is 3.17. The second-order valence-corrected chi connectivity index (χ2v) is 4.99. The van der Waals surface area contributed by atoms with E-state index in [4.69, 9.17) is 0 Å². The Morgan fingerprint density at radius 1 is 1.47 bits per heavy atom. The van der Waals surface area contributed by atoms with E-state index >= 15 is 0 Å². The minimum Gasteiger partial charge on any atom is -0.341 e.